The number of benzene rings is 1. The van der Waals surface area contributed by atoms with Crippen LogP contribution in [0.15, 0.2) is 32.8 Å². The van der Waals surface area contributed by atoms with E-state index in [0.29, 0.717) is 35.3 Å². The molecule has 3 aromatic rings. The number of aryl methyl sites for hydroxylation is 1. The van der Waals surface area contributed by atoms with Gasteiger partial charge in [-0.05, 0) is 24.1 Å². The van der Waals surface area contributed by atoms with Gasteiger partial charge in [0.15, 0.2) is 17.1 Å². The van der Waals surface area contributed by atoms with Crippen LogP contribution >= 0.6 is 11.8 Å². The summed E-state index contributed by atoms with van der Waals surface area (Å²) in [4.78, 5) is 46.6. The number of thioether (sulfide) groups is 1. The molecule has 0 radical (unpaired) electrons. The van der Waals surface area contributed by atoms with Crippen molar-refractivity contribution in [2.24, 2.45) is 14.1 Å². The number of carbonyl (C=O) groups excluding carboxylic acids is 1. The van der Waals surface area contributed by atoms with Crippen molar-refractivity contribution in [3.05, 3.63) is 50.4 Å². The minimum atomic E-state index is -0.482. The van der Waals surface area contributed by atoms with Gasteiger partial charge in [0.2, 0.25) is 5.91 Å². The molecule has 1 aromatic carbocycles. The van der Waals surface area contributed by atoms with Crippen molar-refractivity contribution in [1.82, 2.24) is 24.4 Å². The topological polar surface area (TPSA) is 117 Å². The highest BCUT2D eigenvalue weighted by Crippen LogP contribution is 2.27. The standard InChI is InChI=1S/C23H29N5O5S/c1-13(2)19-25-20-18(22(30)28(4)23(31)27(20)3)21(26-19)34-12-17(29)24-10-9-14-7-8-15(32-5)16(11-14)33-6/h7-8,11,13H,9-10,12H2,1-6H3,(H,24,29). The fourth-order valence-electron chi connectivity index (χ4n) is 3.37. The predicted molar refractivity (Wildman–Crippen MR) is 131 cm³/mol. The highest BCUT2D eigenvalue weighted by molar-refractivity contribution is 8.00. The number of nitrogens with zero attached hydrogens (tertiary/aromatic N) is 4. The van der Waals surface area contributed by atoms with Gasteiger partial charge >= 0.3 is 5.69 Å². The van der Waals surface area contributed by atoms with Gasteiger partial charge in [0.25, 0.3) is 5.56 Å². The Bertz CT molecular complexity index is 1330. The molecule has 1 amide bonds. The van der Waals surface area contributed by atoms with Gasteiger partial charge in [-0.2, -0.15) is 0 Å². The molecule has 0 aliphatic carbocycles. The van der Waals surface area contributed by atoms with Crippen LogP contribution in [-0.2, 0) is 25.3 Å². The Morgan fingerprint density at radius 3 is 2.44 bits per heavy atom. The number of nitrogens with one attached hydrogen (secondary N) is 1. The van der Waals surface area contributed by atoms with Crippen molar-refractivity contribution >= 4 is 28.7 Å². The van der Waals surface area contributed by atoms with E-state index in [9.17, 15) is 14.4 Å². The monoisotopic (exact) mass is 487 g/mol. The molecule has 0 atom stereocenters. The fourth-order valence-corrected chi connectivity index (χ4v) is 4.23. The van der Waals surface area contributed by atoms with Gasteiger partial charge in [-0.3, -0.25) is 18.7 Å². The van der Waals surface area contributed by atoms with Gasteiger partial charge in [-0.25, -0.2) is 14.8 Å². The highest BCUT2D eigenvalue weighted by Gasteiger charge is 2.19. The first kappa shape index (κ1) is 25.3. The number of ether oxygens (including phenoxy) is 2. The molecule has 1 N–H and O–H groups in total. The smallest absolute Gasteiger partial charge is 0.332 e. The van der Waals surface area contributed by atoms with E-state index in [1.165, 1.54) is 11.6 Å². The third-order valence-electron chi connectivity index (χ3n) is 5.32. The van der Waals surface area contributed by atoms with Gasteiger partial charge < -0.3 is 14.8 Å². The molecule has 0 aliphatic rings. The molecule has 0 aliphatic heterocycles. The van der Waals surface area contributed by atoms with Crippen molar-refractivity contribution in [3.8, 4) is 11.5 Å². The van der Waals surface area contributed by atoms with E-state index in [2.05, 4.69) is 15.3 Å². The van der Waals surface area contributed by atoms with Gasteiger partial charge in [0.05, 0.1) is 20.0 Å². The quantitative estimate of drug-likeness (QED) is 0.357. The number of hydrogen-bond donors (Lipinski definition) is 1. The van der Waals surface area contributed by atoms with Gasteiger partial charge in [0.1, 0.15) is 16.2 Å². The lowest BCUT2D eigenvalue weighted by molar-refractivity contribution is -0.118. The first-order valence-electron chi connectivity index (χ1n) is 10.8. The molecule has 0 fully saturated rings. The average Bonchev–Trinajstić information content (AvgIpc) is 2.83. The number of methoxy groups -OCH3 is 2. The molecule has 2 aromatic heterocycles. The van der Waals surface area contributed by atoms with Crippen molar-refractivity contribution in [2.75, 3.05) is 26.5 Å². The van der Waals surface area contributed by atoms with Gasteiger partial charge in [0, 0.05) is 26.6 Å². The highest BCUT2D eigenvalue weighted by atomic mass is 32.2. The normalized spacial score (nSPS) is 11.1. The number of fused-ring (bicyclic) bond motifs is 1. The molecule has 3 rings (SSSR count). The maximum Gasteiger partial charge on any atom is 0.332 e. The van der Waals surface area contributed by atoms with Gasteiger partial charge in [-0.1, -0.05) is 31.7 Å². The molecule has 182 valence electrons. The molecule has 0 saturated heterocycles. The summed E-state index contributed by atoms with van der Waals surface area (Å²) < 4.78 is 12.9. The average molecular weight is 488 g/mol. The zero-order valence-electron chi connectivity index (χ0n) is 20.2. The van der Waals surface area contributed by atoms with Crippen LogP contribution in [-0.4, -0.2) is 51.5 Å². The number of hydrogen-bond acceptors (Lipinski definition) is 8. The number of rotatable bonds is 9. The summed E-state index contributed by atoms with van der Waals surface area (Å²) in [6.45, 7) is 4.29. The lowest BCUT2D eigenvalue weighted by atomic mass is 10.1. The van der Waals surface area contributed by atoms with Crippen LogP contribution in [0.5, 0.6) is 11.5 Å². The number of aromatic nitrogens is 4. The molecular weight excluding hydrogens is 458 g/mol. The molecule has 11 heteroatoms. The van der Waals surface area contributed by atoms with E-state index >= 15 is 0 Å². The zero-order valence-corrected chi connectivity index (χ0v) is 21.0. The fraction of sp³-hybridized carbons (Fsp3) is 0.435. The number of carbonyl (C=O) groups is 1. The molecular formula is C23H29N5O5S. The van der Waals surface area contributed by atoms with E-state index in [1.54, 1.807) is 21.3 Å². The Hall–Kier alpha value is -3.34. The molecule has 34 heavy (non-hydrogen) atoms. The lowest BCUT2D eigenvalue weighted by Crippen LogP contribution is -2.38. The second-order valence-corrected chi connectivity index (χ2v) is 8.99. The van der Waals surface area contributed by atoms with Crippen LogP contribution in [0.25, 0.3) is 11.0 Å². The second kappa shape index (κ2) is 10.7. The Kier molecular flexibility index (Phi) is 7.98. The lowest BCUT2D eigenvalue weighted by Gasteiger charge is -2.13. The third kappa shape index (κ3) is 5.24. The Labute approximate surface area is 201 Å². The molecule has 0 spiro atoms. The predicted octanol–water partition coefficient (Wildman–Crippen LogP) is 1.62. The molecule has 0 unspecified atom stereocenters. The van der Waals surface area contributed by atoms with E-state index in [4.69, 9.17) is 9.47 Å². The van der Waals surface area contributed by atoms with E-state index in [-0.39, 0.29) is 28.6 Å². The van der Waals surface area contributed by atoms with E-state index in [1.807, 2.05) is 32.0 Å². The minimum absolute atomic E-state index is 0.0155. The summed E-state index contributed by atoms with van der Waals surface area (Å²) >= 11 is 1.16. The maximum atomic E-state index is 12.8. The summed E-state index contributed by atoms with van der Waals surface area (Å²) in [7, 11) is 6.13. The van der Waals surface area contributed by atoms with Crippen LogP contribution in [0.3, 0.4) is 0 Å². The summed E-state index contributed by atoms with van der Waals surface area (Å²) in [6.07, 6.45) is 0.618. The summed E-state index contributed by atoms with van der Waals surface area (Å²) in [5, 5.41) is 3.51. The Morgan fingerprint density at radius 1 is 1.09 bits per heavy atom. The Morgan fingerprint density at radius 2 is 1.79 bits per heavy atom. The number of amides is 1. The SMILES string of the molecule is COc1ccc(CCNC(=O)CSc2nc(C(C)C)nc3c2c(=O)n(C)c(=O)n3C)cc1OC. The Balaban J connectivity index is 1.74. The van der Waals surface area contributed by atoms with Crippen LogP contribution < -0.4 is 26.0 Å². The molecule has 0 bridgehead atoms. The van der Waals surface area contributed by atoms with E-state index in [0.717, 1.165) is 21.9 Å². The molecule has 10 nitrogen and oxygen atoms in total. The van der Waals surface area contributed by atoms with Gasteiger partial charge in [-0.15, -0.1) is 0 Å². The van der Waals surface area contributed by atoms with E-state index < -0.39 is 11.2 Å². The zero-order chi connectivity index (χ0) is 25.0. The summed E-state index contributed by atoms with van der Waals surface area (Å²) in [5.74, 6) is 1.65. The van der Waals surface area contributed by atoms with Crippen LogP contribution in [0.2, 0.25) is 0 Å². The van der Waals surface area contributed by atoms with Crippen LogP contribution in [0, 0.1) is 0 Å². The van der Waals surface area contributed by atoms with Crippen molar-refractivity contribution in [1.29, 1.82) is 0 Å². The molecule has 2 heterocycles. The second-order valence-electron chi connectivity index (χ2n) is 8.02. The van der Waals surface area contributed by atoms with Crippen LogP contribution in [0.4, 0.5) is 0 Å². The molecule has 0 saturated carbocycles. The van der Waals surface area contributed by atoms with Crippen molar-refractivity contribution in [2.45, 2.75) is 31.2 Å². The first-order chi connectivity index (χ1) is 16.2. The van der Waals surface area contributed by atoms with Crippen LogP contribution in [0.1, 0.15) is 31.2 Å². The first-order valence-corrected chi connectivity index (χ1v) is 11.7. The van der Waals surface area contributed by atoms with Crippen molar-refractivity contribution < 1.29 is 14.3 Å². The summed E-state index contributed by atoms with van der Waals surface area (Å²) in [6, 6.07) is 5.62. The van der Waals surface area contributed by atoms with Crippen molar-refractivity contribution in [3.63, 3.8) is 0 Å². The minimum Gasteiger partial charge on any atom is -0.493 e. The summed E-state index contributed by atoms with van der Waals surface area (Å²) in [5.41, 5.74) is 0.320. The third-order valence-corrected chi connectivity index (χ3v) is 6.30. The maximum absolute atomic E-state index is 12.8. The largest absolute Gasteiger partial charge is 0.493 e.